The number of ether oxygens (including phenoxy) is 1. The summed E-state index contributed by atoms with van der Waals surface area (Å²) in [5.74, 6) is 0. The highest BCUT2D eigenvalue weighted by Crippen LogP contribution is 2.20. The van der Waals surface area contributed by atoms with Gasteiger partial charge in [0.05, 0.1) is 11.7 Å². The average Bonchev–Trinajstić information content (AvgIpc) is 2.03. The SMILES string of the molecule is CCC(C)(OC)C(O)CCN. The van der Waals surface area contributed by atoms with Crippen LogP contribution in [0.2, 0.25) is 0 Å². The zero-order valence-corrected chi connectivity index (χ0v) is 7.63. The first-order valence-electron chi connectivity index (χ1n) is 4.04. The maximum absolute atomic E-state index is 9.56. The molecule has 0 aromatic carbocycles. The molecule has 0 aliphatic rings. The lowest BCUT2D eigenvalue weighted by molar-refractivity contribution is -0.0937. The van der Waals surface area contributed by atoms with E-state index in [0.29, 0.717) is 13.0 Å². The van der Waals surface area contributed by atoms with Gasteiger partial charge in [-0.15, -0.1) is 0 Å². The predicted molar refractivity (Wildman–Crippen MR) is 45.4 cm³/mol. The van der Waals surface area contributed by atoms with Gasteiger partial charge in [-0.05, 0) is 26.3 Å². The van der Waals surface area contributed by atoms with E-state index in [4.69, 9.17) is 10.5 Å². The Hall–Kier alpha value is -0.120. The molecule has 0 rings (SSSR count). The van der Waals surface area contributed by atoms with Gasteiger partial charge in [-0.2, -0.15) is 0 Å². The first kappa shape index (κ1) is 10.9. The fraction of sp³-hybridized carbons (Fsp3) is 1.00. The number of nitrogens with two attached hydrogens (primary N) is 1. The van der Waals surface area contributed by atoms with Crippen LogP contribution in [0, 0.1) is 0 Å². The van der Waals surface area contributed by atoms with Crippen LogP contribution in [0.15, 0.2) is 0 Å². The third-order valence-corrected chi connectivity index (χ3v) is 2.31. The minimum absolute atomic E-state index is 0.431. The number of hydrogen-bond donors (Lipinski definition) is 2. The lowest BCUT2D eigenvalue weighted by Gasteiger charge is -2.31. The van der Waals surface area contributed by atoms with E-state index in [9.17, 15) is 5.11 Å². The zero-order valence-electron chi connectivity index (χ0n) is 7.63. The molecule has 0 bridgehead atoms. The molecule has 0 aromatic rings. The van der Waals surface area contributed by atoms with Crippen molar-refractivity contribution in [3.63, 3.8) is 0 Å². The minimum Gasteiger partial charge on any atom is -0.390 e. The molecule has 0 spiro atoms. The highest BCUT2D eigenvalue weighted by molar-refractivity contribution is 4.82. The first-order valence-corrected chi connectivity index (χ1v) is 4.04. The molecule has 0 aliphatic heterocycles. The number of methoxy groups -OCH3 is 1. The lowest BCUT2D eigenvalue weighted by atomic mass is 9.93. The van der Waals surface area contributed by atoms with E-state index in [2.05, 4.69) is 0 Å². The molecule has 0 saturated carbocycles. The lowest BCUT2D eigenvalue weighted by Crippen LogP contribution is -2.41. The van der Waals surface area contributed by atoms with Crippen LogP contribution in [0.3, 0.4) is 0 Å². The van der Waals surface area contributed by atoms with Crippen LogP contribution < -0.4 is 5.73 Å². The molecule has 3 heteroatoms. The fourth-order valence-corrected chi connectivity index (χ4v) is 0.979. The Morgan fingerprint density at radius 3 is 2.45 bits per heavy atom. The van der Waals surface area contributed by atoms with Crippen molar-refractivity contribution in [2.24, 2.45) is 5.73 Å². The van der Waals surface area contributed by atoms with E-state index >= 15 is 0 Å². The molecule has 2 atom stereocenters. The first-order chi connectivity index (χ1) is 5.10. The monoisotopic (exact) mass is 161 g/mol. The van der Waals surface area contributed by atoms with E-state index < -0.39 is 11.7 Å². The Morgan fingerprint density at radius 2 is 2.18 bits per heavy atom. The molecule has 68 valence electrons. The summed E-state index contributed by atoms with van der Waals surface area (Å²) < 4.78 is 5.20. The zero-order chi connectivity index (χ0) is 8.91. The van der Waals surface area contributed by atoms with Crippen LogP contribution in [0.25, 0.3) is 0 Å². The molecule has 0 fully saturated rings. The van der Waals surface area contributed by atoms with Gasteiger partial charge in [-0.1, -0.05) is 6.92 Å². The van der Waals surface area contributed by atoms with E-state index in [0.717, 1.165) is 6.42 Å². The van der Waals surface area contributed by atoms with Crippen LogP contribution in [0.5, 0.6) is 0 Å². The van der Waals surface area contributed by atoms with Gasteiger partial charge in [-0.3, -0.25) is 0 Å². The Morgan fingerprint density at radius 1 is 1.64 bits per heavy atom. The minimum atomic E-state index is -0.456. The summed E-state index contributed by atoms with van der Waals surface area (Å²) in [5.41, 5.74) is 4.89. The quantitative estimate of drug-likeness (QED) is 0.617. The fourth-order valence-electron chi connectivity index (χ4n) is 0.979. The third kappa shape index (κ3) is 2.77. The van der Waals surface area contributed by atoms with E-state index in [1.807, 2.05) is 13.8 Å². The van der Waals surface area contributed by atoms with E-state index in [1.165, 1.54) is 0 Å². The van der Waals surface area contributed by atoms with E-state index in [-0.39, 0.29) is 0 Å². The van der Waals surface area contributed by atoms with Gasteiger partial charge in [0, 0.05) is 7.11 Å². The van der Waals surface area contributed by atoms with Gasteiger partial charge in [0.1, 0.15) is 0 Å². The summed E-state index contributed by atoms with van der Waals surface area (Å²) in [7, 11) is 1.61. The van der Waals surface area contributed by atoms with Crippen LogP contribution in [0.1, 0.15) is 26.7 Å². The smallest absolute Gasteiger partial charge is 0.0906 e. The molecule has 0 heterocycles. The standard InChI is InChI=1S/C8H19NO2/c1-4-8(2,11-3)7(10)5-6-9/h7,10H,4-6,9H2,1-3H3. The van der Waals surface area contributed by atoms with Gasteiger partial charge in [0.2, 0.25) is 0 Å². The third-order valence-electron chi connectivity index (χ3n) is 2.31. The molecule has 0 saturated heterocycles. The van der Waals surface area contributed by atoms with Crippen molar-refractivity contribution in [1.29, 1.82) is 0 Å². The maximum Gasteiger partial charge on any atom is 0.0906 e. The average molecular weight is 161 g/mol. The summed E-state index contributed by atoms with van der Waals surface area (Å²) in [4.78, 5) is 0. The van der Waals surface area contributed by atoms with Crippen LogP contribution in [-0.2, 0) is 4.74 Å². The van der Waals surface area contributed by atoms with Crippen molar-refractivity contribution in [3.8, 4) is 0 Å². The largest absolute Gasteiger partial charge is 0.390 e. The van der Waals surface area contributed by atoms with Gasteiger partial charge in [0.25, 0.3) is 0 Å². The highest BCUT2D eigenvalue weighted by Gasteiger charge is 2.29. The van der Waals surface area contributed by atoms with Crippen LogP contribution in [-0.4, -0.2) is 30.5 Å². The van der Waals surface area contributed by atoms with E-state index in [1.54, 1.807) is 7.11 Å². The Kier molecular flexibility index (Phi) is 4.65. The van der Waals surface area contributed by atoms with Crippen molar-refractivity contribution in [2.45, 2.75) is 38.4 Å². The van der Waals surface area contributed by atoms with Crippen molar-refractivity contribution < 1.29 is 9.84 Å². The second-order valence-electron chi connectivity index (χ2n) is 2.96. The van der Waals surface area contributed by atoms with Gasteiger partial charge < -0.3 is 15.6 Å². The maximum atomic E-state index is 9.56. The topological polar surface area (TPSA) is 55.5 Å². The van der Waals surface area contributed by atoms with Crippen molar-refractivity contribution in [3.05, 3.63) is 0 Å². The molecule has 2 unspecified atom stereocenters. The predicted octanol–water partition coefficient (Wildman–Crippen LogP) is 0.511. The molecule has 3 N–H and O–H groups in total. The molecule has 0 radical (unpaired) electrons. The molecule has 0 aliphatic carbocycles. The summed E-state index contributed by atoms with van der Waals surface area (Å²) in [6.07, 6.45) is 0.936. The Labute approximate surface area is 68.5 Å². The second kappa shape index (κ2) is 4.70. The molecular formula is C8H19NO2. The second-order valence-corrected chi connectivity index (χ2v) is 2.96. The van der Waals surface area contributed by atoms with Crippen LogP contribution >= 0.6 is 0 Å². The summed E-state index contributed by atoms with van der Waals surface area (Å²) in [5, 5.41) is 9.56. The molecule has 3 nitrogen and oxygen atoms in total. The van der Waals surface area contributed by atoms with Gasteiger partial charge in [0.15, 0.2) is 0 Å². The van der Waals surface area contributed by atoms with Crippen molar-refractivity contribution >= 4 is 0 Å². The summed E-state index contributed by atoms with van der Waals surface area (Å²) in [6.45, 7) is 4.39. The molecular weight excluding hydrogens is 142 g/mol. The van der Waals surface area contributed by atoms with Crippen molar-refractivity contribution in [1.82, 2.24) is 0 Å². The van der Waals surface area contributed by atoms with Crippen molar-refractivity contribution in [2.75, 3.05) is 13.7 Å². The molecule has 0 aromatic heterocycles. The molecule has 11 heavy (non-hydrogen) atoms. The highest BCUT2D eigenvalue weighted by atomic mass is 16.5. The number of hydrogen-bond acceptors (Lipinski definition) is 3. The number of rotatable bonds is 5. The summed E-state index contributed by atoms with van der Waals surface area (Å²) in [6, 6.07) is 0. The van der Waals surface area contributed by atoms with Gasteiger partial charge >= 0.3 is 0 Å². The Bertz CT molecular complexity index is 102. The summed E-state index contributed by atoms with van der Waals surface area (Å²) >= 11 is 0. The Balaban J connectivity index is 4.00. The van der Waals surface area contributed by atoms with Crippen LogP contribution in [0.4, 0.5) is 0 Å². The number of aliphatic hydroxyl groups is 1. The normalized spacial score (nSPS) is 19.4. The number of aliphatic hydroxyl groups excluding tert-OH is 1. The molecule has 0 amide bonds. The van der Waals surface area contributed by atoms with Gasteiger partial charge in [-0.25, -0.2) is 0 Å².